The Bertz CT molecular complexity index is 632. The molecule has 0 fully saturated rings. The number of amidine groups is 1. The van der Waals surface area contributed by atoms with Crippen molar-refractivity contribution in [3.8, 4) is 0 Å². The maximum absolute atomic E-state index is 8.84. The van der Waals surface area contributed by atoms with Crippen molar-refractivity contribution >= 4 is 49.5 Å². The first-order valence-electron chi connectivity index (χ1n) is 5.31. The van der Waals surface area contributed by atoms with Gasteiger partial charge in [0.2, 0.25) is 0 Å². The monoisotopic (exact) mass is 400 g/mol. The molecule has 0 radical (unpaired) electrons. The lowest BCUT2D eigenvalue weighted by atomic mass is 10.2. The van der Waals surface area contributed by atoms with Crippen LogP contribution in [0, 0.1) is 0 Å². The van der Waals surface area contributed by atoms with Crippen LogP contribution in [0.2, 0.25) is 0 Å². The Morgan fingerprint density at radius 3 is 2.53 bits per heavy atom. The standard InChI is InChI=1S/C13H10Br2N2OS/c14-8-5-6-9(13(16)17-18)12(7-8)19-11-4-2-1-3-10(11)15/h1-7,18H,(H2,16,17). The van der Waals surface area contributed by atoms with Crippen LogP contribution in [0.4, 0.5) is 0 Å². The van der Waals surface area contributed by atoms with Gasteiger partial charge >= 0.3 is 0 Å². The third-order valence-electron chi connectivity index (χ3n) is 2.38. The second kappa shape index (κ2) is 6.45. The van der Waals surface area contributed by atoms with Gasteiger partial charge in [-0.05, 0) is 46.3 Å². The molecule has 0 spiro atoms. The molecule has 0 heterocycles. The highest BCUT2D eigenvalue weighted by Crippen LogP contribution is 2.36. The van der Waals surface area contributed by atoms with Gasteiger partial charge in [0, 0.05) is 24.3 Å². The van der Waals surface area contributed by atoms with Crippen molar-refractivity contribution in [2.45, 2.75) is 9.79 Å². The number of benzene rings is 2. The predicted molar refractivity (Wildman–Crippen MR) is 84.9 cm³/mol. The Hall–Kier alpha value is -0.980. The minimum absolute atomic E-state index is 0.0991. The molecular weight excluding hydrogens is 392 g/mol. The van der Waals surface area contributed by atoms with Gasteiger partial charge in [0.05, 0.1) is 0 Å². The lowest BCUT2D eigenvalue weighted by molar-refractivity contribution is 0.318. The zero-order valence-electron chi connectivity index (χ0n) is 9.68. The van der Waals surface area contributed by atoms with E-state index in [-0.39, 0.29) is 5.84 Å². The topological polar surface area (TPSA) is 58.6 Å². The zero-order chi connectivity index (χ0) is 13.8. The lowest BCUT2D eigenvalue weighted by Gasteiger charge is -2.09. The van der Waals surface area contributed by atoms with Crippen molar-refractivity contribution in [2.75, 3.05) is 0 Å². The fraction of sp³-hybridized carbons (Fsp3) is 0. The summed E-state index contributed by atoms with van der Waals surface area (Å²) in [6.07, 6.45) is 0. The van der Waals surface area contributed by atoms with Crippen molar-refractivity contribution in [1.29, 1.82) is 0 Å². The van der Waals surface area contributed by atoms with Crippen LogP contribution in [0.15, 0.2) is 66.4 Å². The third kappa shape index (κ3) is 3.52. The normalized spacial score (nSPS) is 11.6. The molecule has 0 aromatic heterocycles. The fourth-order valence-corrected chi connectivity index (χ4v) is 3.55. The largest absolute Gasteiger partial charge is 0.409 e. The third-order valence-corrected chi connectivity index (χ3v) is 4.96. The molecule has 0 saturated carbocycles. The van der Waals surface area contributed by atoms with Gasteiger partial charge in [0.1, 0.15) is 0 Å². The van der Waals surface area contributed by atoms with E-state index in [0.717, 1.165) is 18.7 Å². The second-order valence-electron chi connectivity index (χ2n) is 3.66. The number of nitrogens with zero attached hydrogens (tertiary/aromatic N) is 1. The molecule has 0 saturated heterocycles. The van der Waals surface area contributed by atoms with E-state index in [1.165, 1.54) is 0 Å². The predicted octanol–water partition coefficient (Wildman–Crippen LogP) is 4.46. The highest BCUT2D eigenvalue weighted by molar-refractivity contribution is 9.10. The number of hydrogen-bond donors (Lipinski definition) is 2. The molecule has 3 nitrogen and oxygen atoms in total. The van der Waals surface area contributed by atoms with Crippen molar-refractivity contribution in [1.82, 2.24) is 0 Å². The van der Waals surface area contributed by atoms with Gasteiger partial charge in [-0.15, -0.1) is 0 Å². The minimum Gasteiger partial charge on any atom is -0.409 e. The van der Waals surface area contributed by atoms with E-state index in [4.69, 9.17) is 10.9 Å². The van der Waals surface area contributed by atoms with E-state index in [0.29, 0.717) is 5.56 Å². The van der Waals surface area contributed by atoms with Crippen LogP contribution in [0.3, 0.4) is 0 Å². The summed E-state index contributed by atoms with van der Waals surface area (Å²) in [5.74, 6) is 0.0991. The molecule has 19 heavy (non-hydrogen) atoms. The highest BCUT2D eigenvalue weighted by Gasteiger charge is 2.10. The van der Waals surface area contributed by atoms with E-state index >= 15 is 0 Å². The molecule has 0 aliphatic rings. The van der Waals surface area contributed by atoms with Gasteiger partial charge in [-0.2, -0.15) is 0 Å². The van der Waals surface area contributed by atoms with Gasteiger partial charge in [-0.3, -0.25) is 0 Å². The molecule has 0 aliphatic heterocycles. The zero-order valence-corrected chi connectivity index (χ0v) is 13.7. The average molecular weight is 402 g/mol. The van der Waals surface area contributed by atoms with Crippen LogP contribution >= 0.6 is 43.6 Å². The van der Waals surface area contributed by atoms with Crippen LogP contribution in [-0.4, -0.2) is 11.0 Å². The summed E-state index contributed by atoms with van der Waals surface area (Å²) in [5.41, 5.74) is 6.40. The number of halogens is 2. The Labute approximate surface area is 132 Å². The van der Waals surface area contributed by atoms with Gasteiger partial charge < -0.3 is 10.9 Å². The molecule has 0 atom stereocenters. The Balaban J connectivity index is 2.44. The summed E-state index contributed by atoms with van der Waals surface area (Å²) < 4.78 is 1.95. The van der Waals surface area contributed by atoms with E-state index in [1.54, 1.807) is 11.8 Å². The van der Waals surface area contributed by atoms with Crippen molar-refractivity contribution < 1.29 is 5.21 Å². The van der Waals surface area contributed by atoms with Crippen molar-refractivity contribution in [2.24, 2.45) is 10.9 Å². The lowest BCUT2D eigenvalue weighted by Crippen LogP contribution is -2.14. The number of oxime groups is 1. The molecule has 2 rings (SSSR count). The van der Waals surface area contributed by atoms with Crippen LogP contribution in [0.5, 0.6) is 0 Å². The summed E-state index contributed by atoms with van der Waals surface area (Å²) in [6, 6.07) is 13.5. The molecule has 0 aliphatic carbocycles. The SMILES string of the molecule is N/C(=N/O)c1ccc(Br)cc1Sc1ccccc1Br. The van der Waals surface area contributed by atoms with Gasteiger partial charge in [0.15, 0.2) is 5.84 Å². The summed E-state index contributed by atoms with van der Waals surface area (Å²) >= 11 is 8.49. The maximum Gasteiger partial charge on any atom is 0.171 e. The second-order valence-corrected chi connectivity index (χ2v) is 6.51. The van der Waals surface area contributed by atoms with Crippen LogP contribution in [0.25, 0.3) is 0 Å². The molecule has 3 N–H and O–H groups in total. The Kier molecular flexibility index (Phi) is 4.90. The highest BCUT2D eigenvalue weighted by atomic mass is 79.9. The first-order chi connectivity index (χ1) is 9.11. The number of nitrogens with two attached hydrogens (primary N) is 1. The molecule has 0 unspecified atom stereocenters. The summed E-state index contributed by atoms with van der Waals surface area (Å²) in [4.78, 5) is 1.98. The molecule has 0 bridgehead atoms. The minimum atomic E-state index is 0.0991. The van der Waals surface area contributed by atoms with Crippen molar-refractivity contribution in [3.05, 3.63) is 57.0 Å². The Morgan fingerprint density at radius 2 is 1.84 bits per heavy atom. The summed E-state index contributed by atoms with van der Waals surface area (Å²) in [7, 11) is 0. The summed E-state index contributed by atoms with van der Waals surface area (Å²) in [6.45, 7) is 0. The molecule has 2 aromatic carbocycles. The quantitative estimate of drug-likeness (QED) is 0.345. The molecule has 6 heteroatoms. The Morgan fingerprint density at radius 1 is 1.11 bits per heavy atom. The van der Waals surface area contributed by atoms with E-state index in [1.807, 2.05) is 42.5 Å². The number of hydrogen-bond acceptors (Lipinski definition) is 3. The van der Waals surface area contributed by atoms with Gasteiger partial charge in [-0.25, -0.2) is 0 Å². The van der Waals surface area contributed by atoms with Gasteiger partial charge in [0.25, 0.3) is 0 Å². The molecule has 98 valence electrons. The van der Waals surface area contributed by atoms with Crippen molar-refractivity contribution in [3.63, 3.8) is 0 Å². The molecule has 0 amide bonds. The smallest absolute Gasteiger partial charge is 0.171 e. The van der Waals surface area contributed by atoms with E-state index in [9.17, 15) is 0 Å². The average Bonchev–Trinajstić information content (AvgIpc) is 2.41. The van der Waals surface area contributed by atoms with Crippen LogP contribution in [0.1, 0.15) is 5.56 Å². The van der Waals surface area contributed by atoms with E-state index < -0.39 is 0 Å². The van der Waals surface area contributed by atoms with Gasteiger partial charge in [-0.1, -0.05) is 45.0 Å². The molecular formula is C13H10Br2N2OS. The van der Waals surface area contributed by atoms with Crippen LogP contribution < -0.4 is 5.73 Å². The first kappa shape index (κ1) is 14.4. The number of rotatable bonds is 3. The van der Waals surface area contributed by atoms with Crippen LogP contribution in [-0.2, 0) is 0 Å². The molecule has 2 aromatic rings. The first-order valence-corrected chi connectivity index (χ1v) is 7.72. The maximum atomic E-state index is 8.84. The van der Waals surface area contributed by atoms with E-state index in [2.05, 4.69) is 37.0 Å². The summed E-state index contributed by atoms with van der Waals surface area (Å²) in [5, 5.41) is 11.9. The fourth-order valence-electron chi connectivity index (χ4n) is 1.49.